The zero-order valence-corrected chi connectivity index (χ0v) is 23.8. The second-order valence-corrected chi connectivity index (χ2v) is 10.8. The number of fused-ring (bicyclic) bond motifs is 2. The molecule has 0 aromatic heterocycles. The van der Waals surface area contributed by atoms with Gasteiger partial charge in [0.2, 0.25) is 5.91 Å². The van der Waals surface area contributed by atoms with E-state index in [4.69, 9.17) is 4.99 Å². The van der Waals surface area contributed by atoms with Crippen LogP contribution >= 0.6 is 0 Å². The van der Waals surface area contributed by atoms with Gasteiger partial charge in [-0.15, -0.1) is 0 Å². The molecule has 0 spiro atoms. The molecule has 0 atom stereocenters. The predicted octanol–water partition coefficient (Wildman–Crippen LogP) is 5.29. The number of rotatable bonds is 6. The summed E-state index contributed by atoms with van der Waals surface area (Å²) in [4.78, 5) is 38.4. The molecule has 6 rings (SSSR count). The van der Waals surface area contributed by atoms with E-state index in [0.29, 0.717) is 33.9 Å². The summed E-state index contributed by atoms with van der Waals surface area (Å²) in [5.74, 6) is -1.15. The van der Waals surface area contributed by atoms with Crippen LogP contribution in [0.5, 0.6) is 0 Å². The van der Waals surface area contributed by atoms with Crippen molar-refractivity contribution in [1.29, 1.82) is 0 Å². The third-order valence-corrected chi connectivity index (χ3v) is 7.80. The Kier molecular flexibility index (Phi) is 8.09. The molecule has 2 aliphatic rings. The van der Waals surface area contributed by atoms with Gasteiger partial charge in [0.05, 0.1) is 29.3 Å². The number of hydrogen-bond acceptors (Lipinski definition) is 5. The maximum absolute atomic E-state index is 14.1. The molecule has 4 aromatic carbocycles. The lowest BCUT2D eigenvalue weighted by Gasteiger charge is -2.33. The lowest BCUT2D eigenvalue weighted by molar-refractivity contribution is -0.119. The highest BCUT2D eigenvalue weighted by molar-refractivity contribution is 6.21. The van der Waals surface area contributed by atoms with Crippen LogP contribution in [0.4, 0.5) is 25.8 Å². The standard InChI is InChI=1S/C34H31F2N5O2/c1-39-16-18-40(19-17-39)22-32(42)41-30-5-3-2-4-28(30)33(24-8-13-27(36)14-9-24)38-29-20-25(10-15-31(29)41)34(43)37-21-23-6-11-26(35)12-7-23/h2-15,20H,16-19,21-22H2,1H3,(H,37,43). The van der Waals surface area contributed by atoms with Crippen molar-refractivity contribution in [3.63, 3.8) is 0 Å². The first kappa shape index (κ1) is 28.4. The maximum atomic E-state index is 14.1. The lowest BCUT2D eigenvalue weighted by Crippen LogP contribution is -2.48. The van der Waals surface area contributed by atoms with Crippen LogP contribution in [0.25, 0.3) is 0 Å². The average molecular weight is 580 g/mol. The number of amides is 2. The van der Waals surface area contributed by atoms with Gasteiger partial charge in [-0.05, 0) is 73.3 Å². The molecule has 9 heteroatoms. The molecule has 1 fully saturated rings. The topological polar surface area (TPSA) is 68.2 Å². The quantitative estimate of drug-likeness (QED) is 0.337. The van der Waals surface area contributed by atoms with E-state index in [1.807, 2.05) is 24.3 Å². The van der Waals surface area contributed by atoms with Crippen molar-refractivity contribution in [2.75, 3.05) is 44.7 Å². The Hall–Kier alpha value is -4.73. The Morgan fingerprint density at radius 3 is 2.21 bits per heavy atom. The van der Waals surface area contributed by atoms with Crippen molar-refractivity contribution in [1.82, 2.24) is 15.1 Å². The van der Waals surface area contributed by atoms with Crippen molar-refractivity contribution in [2.45, 2.75) is 6.54 Å². The van der Waals surface area contributed by atoms with Gasteiger partial charge in [0.15, 0.2) is 0 Å². The second-order valence-electron chi connectivity index (χ2n) is 10.8. The van der Waals surface area contributed by atoms with Crippen molar-refractivity contribution in [2.24, 2.45) is 4.99 Å². The third-order valence-electron chi connectivity index (χ3n) is 7.80. The van der Waals surface area contributed by atoms with E-state index < -0.39 is 0 Å². The first-order chi connectivity index (χ1) is 20.9. The largest absolute Gasteiger partial charge is 0.348 e. The van der Waals surface area contributed by atoms with Crippen LogP contribution in [0.2, 0.25) is 0 Å². The summed E-state index contributed by atoms with van der Waals surface area (Å²) in [6, 6.07) is 24.6. The third kappa shape index (κ3) is 6.23. The van der Waals surface area contributed by atoms with Gasteiger partial charge >= 0.3 is 0 Å². The Balaban J connectivity index is 1.39. The second kappa shape index (κ2) is 12.2. The molecular formula is C34H31F2N5O2. The maximum Gasteiger partial charge on any atom is 0.251 e. The van der Waals surface area contributed by atoms with Gasteiger partial charge in [0.1, 0.15) is 11.6 Å². The molecule has 4 aromatic rings. The molecule has 218 valence electrons. The smallest absolute Gasteiger partial charge is 0.251 e. The van der Waals surface area contributed by atoms with Crippen LogP contribution in [0.3, 0.4) is 0 Å². The first-order valence-corrected chi connectivity index (χ1v) is 14.2. The van der Waals surface area contributed by atoms with Crippen molar-refractivity contribution >= 4 is 34.6 Å². The highest BCUT2D eigenvalue weighted by Crippen LogP contribution is 2.41. The number of anilines is 2. The van der Waals surface area contributed by atoms with Gasteiger partial charge in [-0.1, -0.05) is 30.3 Å². The number of hydrogen-bond donors (Lipinski definition) is 1. The van der Waals surface area contributed by atoms with E-state index in [0.717, 1.165) is 37.3 Å². The van der Waals surface area contributed by atoms with Crippen molar-refractivity contribution < 1.29 is 18.4 Å². The molecule has 0 bridgehead atoms. The van der Waals surface area contributed by atoms with E-state index >= 15 is 0 Å². The number of aliphatic imine (C=N–C) groups is 1. The number of para-hydroxylation sites is 1. The van der Waals surface area contributed by atoms with Gasteiger partial charge in [-0.3, -0.25) is 19.4 Å². The fraction of sp³-hybridized carbons (Fsp3) is 0.206. The molecule has 7 nitrogen and oxygen atoms in total. The number of nitrogens with one attached hydrogen (secondary N) is 1. The highest BCUT2D eigenvalue weighted by atomic mass is 19.1. The minimum Gasteiger partial charge on any atom is -0.348 e. The van der Waals surface area contributed by atoms with E-state index in [9.17, 15) is 18.4 Å². The molecule has 1 saturated heterocycles. The minimum absolute atomic E-state index is 0.109. The molecule has 1 N–H and O–H groups in total. The minimum atomic E-state index is -0.365. The van der Waals surface area contributed by atoms with E-state index in [-0.39, 0.29) is 36.5 Å². The zero-order valence-electron chi connectivity index (χ0n) is 23.8. The zero-order chi connectivity index (χ0) is 29.9. The highest BCUT2D eigenvalue weighted by Gasteiger charge is 2.30. The molecule has 2 heterocycles. The Bertz CT molecular complexity index is 1680. The molecule has 0 aliphatic carbocycles. The Labute approximate surface area is 249 Å². The van der Waals surface area contributed by atoms with Gasteiger partial charge in [-0.2, -0.15) is 0 Å². The SMILES string of the molecule is CN1CCN(CC(=O)N2c3ccc(C(=O)NCc4ccc(F)cc4)cc3N=C(c3ccc(F)cc3)c3ccccc32)CC1. The number of carbonyl (C=O) groups excluding carboxylic acids is 2. The number of carbonyl (C=O) groups is 2. The van der Waals surface area contributed by atoms with Crippen molar-refractivity contribution in [3.8, 4) is 0 Å². The number of halogens is 2. The van der Waals surface area contributed by atoms with Crippen LogP contribution in [0.15, 0.2) is 96.0 Å². The first-order valence-electron chi connectivity index (χ1n) is 14.2. The van der Waals surface area contributed by atoms with E-state index in [2.05, 4.69) is 22.2 Å². The summed E-state index contributed by atoms with van der Waals surface area (Å²) in [5, 5.41) is 2.87. The summed E-state index contributed by atoms with van der Waals surface area (Å²) in [7, 11) is 2.07. The van der Waals surface area contributed by atoms with Crippen LogP contribution < -0.4 is 10.2 Å². The van der Waals surface area contributed by atoms with E-state index in [1.54, 1.807) is 47.4 Å². The molecule has 0 unspecified atom stereocenters. The summed E-state index contributed by atoms with van der Waals surface area (Å²) in [6.07, 6.45) is 0. The fourth-order valence-electron chi connectivity index (χ4n) is 5.37. The summed E-state index contributed by atoms with van der Waals surface area (Å²) in [5.41, 5.74) is 4.75. The number of likely N-dealkylation sites (N-methyl/N-ethyl adjacent to an activating group) is 1. The average Bonchev–Trinajstić information content (AvgIpc) is 3.16. The number of piperazine rings is 1. The van der Waals surface area contributed by atoms with Crippen molar-refractivity contribution in [3.05, 3.63) is 125 Å². The van der Waals surface area contributed by atoms with Crippen LogP contribution in [0.1, 0.15) is 27.0 Å². The van der Waals surface area contributed by atoms with Gasteiger partial charge in [0.25, 0.3) is 5.91 Å². The Morgan fingerprint density at radius 1 is 0.814 bits per heavy atom. The molecular weight excluding hydrogens is 548 g/mol. The van der Waals surface area contributed by atoms with Gasteiger partial charge in [0, 0.05) is 49.4 Å². The monoisotopic (exact) mass is 579 g/mol. The Morgan fingerprint density at radius 2 is 1.49 bits per heavy atom. The molecule has 0 radical (unpaired) electrons. The summed E-state index contributed by atoms with van der Waals surface area (Å²) in [6.45, 7) is 3.79. The van der Waals surface area contributed by atoms with Crippen LogP contribution in [-0.4, -0.2) is 67.1 Å². The normalized spacial score (nSPS) is 15.2. The van der Waals surface area contributed by atoms with E-state index in [1.165, 1.54) is 24.3 Å². The summed E-state index contributed by atoms with van der Waals surface area (Å²) >= 11 is 0. The van der Waals surface area contributed by atoms with Crippen LogP contribution in [0, 0.1) is 11.6 Å². The molecule has 0 saturated carbocycles. The van der Waals surface area contributed by atoms with Gasteiger partial charge in [-0.25, -0.2) is 13.8 Å². The number of benzene rings is 4. The lowest BCUT2D eigenvalue weighted by atomic mass is 10.00. The fourth-order valence-corrected chi connectivity index (χ4v) is 5.37. The number of nitrogens with zero attached hydrogens (tertiary/aromatic N) is 4. The predicted molar refractivity (Wildman–Crippen MR) is 163 cm³/mol. The molecule has 2 amide bonds. The van der Waals surface area contributed by atoms with Crippen LogP contribution in [-0.2, 0) is 11.3 Å². The molecule has 2 aliphatic heterocycles. The molecule has 43 heavy (non-hydrogen) atoms. The summed E-state index contributed by atoms with van der Waals surface area (Å²) < 4.78 is 27.2. The van der Waals surface area contributed by atoms with Gasteiger partial charge < -0.3 is 10.2 Å².